The van der Waals surface area contributed by atoms with Gasteiger partial charge in [0.15, 0.2) is 5.82 Å². The standard InChI is InChI=1S/C18H13F2N7O3/c19-10-1-3-12(21-5-10)13(9-28)24-18-15(27(29)30)7-23-17(25-18)14-6-22-16-4-2-11(20)8-26(14)16/h1-8,13,28H,9H2,(H,23,24,25)/t13-/m1/s1. The van der Waals surface area contributed by atoms with E-state index in [0.717, 1.165) is 18.5 Å². The Bertz CT molecular complexity index is 1230. The van der Waals surface area contributed by atoms with Crippen molar-refractivity contribution in [2.75, 3.05) is 11.9 Å². The van der Waals surface area contributed by atoms with Crippen molar-refractivity contribution >= 4 is 17.2 Å². The van der Waals surface area contributed by atoms with Gasteiger partial charge in [0.1, 0.15) is 29.2 Å². The highest BCUT2D eigenvalue weighted by molar-refractivity contribution is 5.63. The molecule has 0 saturated heterocycles. The lowest BCUT2D eigenvalue weighted by atomic mass is 10.2. The first-order valence-corrected chi connectivity index (χ1v) is 8.59. The van der Waals surface area contributed by atoms with E-state index in [1.54, 1.807) is 0 Å². The molecule has 4 rings (SSSR count). The number of pyridine rings is 2. The van der Waals surface area contributed by atoms with E-state index in [4.69, 9.17) is 0 Å². The zero-order valence-electron chi connectivity index (χ0n) is 15.1. The molecule has 4 aromatic heterocycles. The van der Waals surface area contributed by atoms with Gasteiger partial charge in [0, 0.05) is 6.20 Å². The van der Waals surface area contributed by atoms with Crippen LogP contribution in [0.3, 0.4) is 0 Å². The van der Waals surface area contributed by atoms with E-state index in [0.29, 0.717) is 11.3 Å². The van der Waals surface area contributed by atoms with Crippen LogP contribution in [-0.4, -0.2) is 41.0 Å². The smallest absolute Gasteiger partial charge is 0.329 e. The molecule has 4 heterocycles. The Labute approximate surface area is 167 Å². The molecule has 0 aliphatic rings. The molecular formula is C18H13F2N7O3. The van der Waals surface area contributed by atoms with Crippen molar-refractivity contribution < 1.29 is 18.8 Å². The molecule has 0 aliphatic heterocycles. The second-order valence-corrected chi connectivity index (χ2v) is 6.18. The summed E-state index contributed by atoms with van der Waals surface area (Å²) >= 11 is 0. The summed E-state index contributed by atoms with van der Waals surface area (Å²) in [6, 6.07) is 4.30. The fourth-order valence-electron chi connectivity index (χ4n) is 2.83. The third kappa shape index (κ3) is 3.63. The summed E-state index contributed by atoms with van der Waals surface area (Å²) < 4.78 is 28.2. The lowest BCUT2D eigenvalue weighted by Gasteiger charge is -2.16. The molecule has 2 N–H and O–H groups in total. The number of anilines is 1. The maximum absolute atomic E-state index is 13.6. The Morgan fingerprint density at radius 2 is 1.90 bits per heavy atom. The van der Waals surface area contributed by atoms with Gasteiger partial charge in [0.25, 0.3) is 0 Å². The number of hydrogen-bond acceptors (Lipinski definition) is 8. The quantitative estimate of drug-likeness (QED) is 0.364. The zero-order chi connectivity index (χ0) is 21.3. The zero-order valence-corrected chi connectivity index (χ0v) is 15.1. The minimum absolute atomic E-state index is 0.0463. The maximum Gasteiger partial charge on any atom is 0.329 e. The topological polar surface area (TPSA) is 131 Å². The van der Waals surface area contributed by atoms with Crippen LogP contribution in [0.2, 0.25) is 0 Å². The maximum atomic E-state index is 13.6. The molecule has 152 valence electrons. The van der Waals surface area contributed by atoms with Crippen molar-refractivity contribution in [1.82, 2.24) is 24.3 Å². The third-order valence-corrected chi connectivity index (χ3v) is 4.27. The molecule has 30 heavy (non-hydrogen) atoms. The summed E-state index contributed by atoms with van der Waals surface area (Å²) in [5, 5.41) is 23.9. The fraction of sp³-hybridized carbons (Fsp3) is 0.111. The van der Waals surface area contributed by atoms with Crippen LogP contribution < -0.4 is 5.32 Å². The molecule has 0 spiro atoms. The Morgan fingerprint density at radius 3 is 2.60 bits per heavy atom. The number of aromatic nitrogens is 5. The first-order valence-electron chi connectivity index (χ1n) is 8.59. The number of aliphatic hydroxyl groups is 1. The van der Waals surface area contributed by atoms with Gasteiger partial charge in [-0.2, -0.15) is 0 Å². The highest BCUT2D eigenvalue weighted by atomic mass is 19.1. The number of nitrogens with zero attached hydrogens (tertiary/aromatic N) is 6. The van der Waals surface area contributed by atoms with Gasteiger partial charge < -0.3 is 10.4 Å². The van der Waals surface area contributed by atoms with Crippen LogP contribution in [0.1, 0.15) is 11.7 Å². The summed E-state index contributed by atoms with van der Waals surface area (Å²) in [6.45, 7) is -0.490. The molecule has 4 aromatic rings. The highest BCUT2D eigenvalue weighted by Crippen LogP contribution is 2.28. The Morgan fingerprint density at radius 1 is 1.10 bits per heavy atom. The molecule has 0 radical (unpaired) electrons. The fourth-order valence-corrected chi connectivity index (χ4v) is 2.83. The van der Waals surface area contributed by atoms with E-state index >= 15 is 0 Å². The van der Waals surface area contributed by atoms with Crippen LogP contribution >= 0.6 is 0 Å². The molecule has 0 saturated carbocycles. The lowest BCUT2D eigenvalue weighted by molar-refractivity contribution is -0.384. The number of nitrogens with one attached hydrogen (secondary N) is 1. The van der Waals surface area contributed by atoms with Gasteiger partial charge in [-0.05, 0) is 24.3 Å². The Balaban J connectivity index is 1.77. The third-order valence-electron chi connectivity index (χ3n) is 4.27. The average Bonchev–Trinajstić information content (AvgIpc) is 3.15. The molecule has 0 aromatic carbocycles. The van der Waals surface area contributed by atoms with Gasteiger partial charge in [-0.15, -0.1) is 0 Å². The summed E-state index contributed by atoms with van der Waals surface area (Å²) in [4.78, 5) is 26.9. The summed E-state index contributed by atoms with van der Waals surface area (Å²) in [5.74, 6) is -1.22. The van der Waals surface area contributed by atoms with E-state index in [9.17, 15) is 24.0 Å². The molecule has 0 fully saturated rings. The molecule has 1 atom stereocenters. The van der Waals surface area contributed by atoms with Crippen LogP contribution in [0.4, 0.5) is 20.3 Å². The van der Waals surface area contributed by atoms with Gasteiger partial charge in [-0.25, -0.2) is 23.7 Å². The minimum atomic E-state index is -0.897. The first-order chi connectivity index (χ1) is 14.5. The molecule has 0 aliphatic carbocycles. The van der Waals surface area contributed by atoms with Gasteiger partial charge in [-0.1, -0.05) is 0 Å². The summed E-state index contributed by atoms with van der Waals surface area (Å²) in [5.41, 5.74) is 0.555. The number of fused-ring (bicyclic) bond motifs is 1. The monoisotopic (exact) mass is 413 g/mol. The molecule has 0 bridgehead atoms. The van der Waals surface area contributed by atoms with Gasteiger partial charge in [0.2, 0.25) is 5.82 Å². The second-order valence-electron chi connectivity index (χ2n) is 6.18. The van der Waals surface area contributed by atoms with E-state index in [2.05, 4.69) is 25.3 Å². The number of halogens is 2. The lowest BCUT2D eigenvalue weighted by Crippen LogP contribution is -2.18. The second kappa shape index (κ2) is 7.75. The van der Waals surface area contributed by atoms with Crippen LogP contribution in [0.15, 0.2) is 49.1 Å². The minimum Gasteiger partial charge on any atom is -0.394 e. The van der Waals surface area contributed by atoms with Gasteiger partial charge >= 0.3 is 5.69 Å². The highest BCUT2D eigenvalue weighted by Gasteiger charge is 2.23. The number of nitro groups is 1. The Hall–Kier alpha value is -4.06. The SMILES string of the molecule is O=[N+]([O-])c1cnc(-c2cnc3ccc(F)cn23)nc1N[C@H](CO)c1ccc(F)cn1. The number of imidazole rings is 1. The molecule has 0 unspecified atom stereocenters. The van der Waals surface area contributed by atoms with Crippen molar-refractivity contribution in [3.63, 3.8) is 0 Å². The number of aliphatic hydroxyl groups excluding tert-OH is 1. The Kier molecular flexibility index (Phi) is 4.98. The van der Waals surface area contributed by atoms with Gasteiger partial charge in [-0.3, -0.25) is 19.5 Å². The molecular weight excluding hydrogens is 400 g/mol. The van der Waals surface area contributed by atoms with Crippen LogP contribution in [0.5, 0.6) is 0 Å². The molecule has 10 nitrogen and oxygen atoms in total. The first kappa shape index (κ1) is 19.3. The van der Waals surface area contributed by atoms with Crippen LogP contribution in [0.25, 0.3) is 17.2 Å². The molecule has 12 heteroatoms. The largest absolute Gasteiger partial charge is 0.394 e. The van der Waals surface area contributed by atoms with E-state index in [1.807, 2.05) is 0 Å². The van der Waals surface area contributed by atoms with Crippen molar-refractivity contribution in [2.45, 2.75) is 6.04 Å². The van der Waals surface area contributed by atoms with E-state index in [-0.39, 0.29) is 17.3 Å². The van der Waals surface area contributed by atoms with Crippen molar-refractivity contribution in [2.24, 2.45) is 0 Å². The normalized spacial score (nSPS) is 12.1. The number of hydrogen-bond donors (Lipinski definition) is 2. The predicted molar refractivity (Wildman–Crippen MR) is 100 cm³/mol. The number of rotatable bonds is 6. The van der Waals surface area contributed by atoms with Crippen LogP contribution in [-0.2, 0) is 0 Å². The van der Waals surface area contributed by atoms with Crippen molar-refractivity contribution in [1.29, 1.82) is 0 Å². The predicted octanol–water partition coefficient (Wildman–Crippen LogP) is 2.52. The molecule has 0 amide bonds. The van der Waals surface area contributed by atoms with E-state index < -0.39 is 34.9 Å². The summed E-state index contributed by atoms with van der Waals surface area (Å²) in [6.07, 6.45) is 4.56. The summed E-state index contributed by atoms with van der Waals surface area (Å²) in [7, 11) is 0. The van der Waals surface area contributed by atoms with Gasteiger partial charge in [0.05, 0.1) is 35.7 Å². The van der Waals surface area contributed by atoms with Crippen LogP contribution in [0, 0.1) is 21.7 Å². The van der Waals surface area contributed by atoms with Crippen molar-refractivity contribution in [3.05, 3.63) is 76.5 Å². The van der Waals surface area contributed by atoms with E-state index in [1.165, 1.54) is 35.0 Å². The van der Waals surface area contributed by atoms with Crippen molar-refractivity contribution in [3.8, 4) is 11.5 Å². The average molecular weight is 413 g/mol.